The maximum atomic E-state index is 6.16. The average Bonchev–Trinajstić information content (AvgIpc) is 2.88. The fraction of sp³-hybridized carbons (Fsp3) is 0. The normalized spacial score (nSPS) is 11.0. The van der Waals surface area contributed by atoms with Crippen molar-refractivity contribution in [1.29, 1.82) is 0 Å². The van der Waals surface area contributed by atoms with Crippen LogP contribution in [0.4, 0.5) is 0 Å². The first kappa shape index (κ1) is 8.88. The highest BCUT2D eigenvalue weighted by atomic mass is 35.5. The van der Waals surface area contributed by atoms with Crippen LogP contribution in [0.5, 0.6) is 0 Å². The van der Waals surface area contributed by atoms with Crippen LogP contribution in [0, 0.1) is 0 Å². The monoisotopic (exact) mass is 235 g/mol. The molecular formula is C10H6ClN3S. The van der Waals surface area contributed by atoms with Crippen LogP contribution < -0.4 is 0 Å². The van der Waals surface area contributed by atoms with Gasteiger partial charge in [-0.05, 0) is 11.4 Å². The Kier molecular flexibility index (Phi) is 1.97. The summed E-state index contributed by atoms with van der Waals surface area (Å²) in [6.45, 7) is 0. The largest absolute Gasteiger partial charge is 0.290 e. The van der Waals surface area contributed by atoms with E-state index in [1.165, 1.54) is 0 Å². The van der Waals surface area contributed by atoms with Gasteiger partial charge in [0.25, 0.3) is 0 Å². The predicted molar refractivity (Wildman–Crippen MR) is 61.8 cm³/mol. The maximum Gasteiger partial charge on any atom is 0.140 e. The maximum absolute atomic E-state index is 6.16. The number of nitrogens with zero attached hydrogens (tertiary/aromatic N) is 3. The van der Waals surface area contributed by atoms with Crippen molar-refractivity contribution in [2.24, 2.45) is 0 Å². The van der Waals surface area contributed by atoms with Crippen LogP contribution in [0.3, 0.4) is 0 Å². The van der Waals surface area contributed by atoms with Crippen LogP contribution in [0.1, 0.15) is 0 Å². The van der Waals surface area contributed by atoms with Crippen LogP contribution >= 0.6 is 22.9 Å². The van der Waals surface area contributed by atoms with Crippen molar-refractivity contribution in [3.63, 3.8) is 0 Å². The molecule has 3 aromatic rings. The standard InChI is InChI=1S/C10H6ClN3S/c11-7-5-9(14-3-2-12-6-14)13-8-1-4-15-10(7)8/h1-6H. The Balaban J connectivity index is 2.29. The smallest absolute Gasteiger partial charge is 0.140 e. The number of pyridine rings is 1. The van der Waals surface area contributed by atoms with Gasteiger partial charge in [0.1, 0.15) is 12.1 Å². The third-order valence-electron chi connectivity index (χ3n) is 2.12. The van der Waals surface area contributed by atoms with Gasteiger partial charge in [-0.15, -0.1) is 11.3 Å². The van der Waals surface area contributed by atoms with Crippen LogP contribution in [0.25, 0.3) is 16.0 Å². The molecule has 5 heteroatoms. The fourth-order valence-corrected chi connectivity index (χ4v) is 2.50. The number of thiophene rings is 1. The molecule has 0 aromatic carbocycles. The molecule has 3 rings (SSSR count). The lowest BCUT2D eigenvalue weighted by atomic mass is 10.4. The Labute approximate surface area is 95.0 Å². The predicted octanol–water partition coefficient (Wildman–Crippen LogP) is 3.14. The first-order valence-corrected chi connectivity index (χ1v) is 5.62. The van der Waals surface area contributed by atoms with Gasteiger partial charge in [-0.3, -0.25) is 4.57 Å². The second kappa shape index (κ2) is 3.32. The molecule has 3 nitrogen and oxygen atoms in total. The number of imidazole rings is 1. The van der Waals surface area contributed by atoms with Crippen molar-refractivity contribution in [2.45, 2.75) is 0 Å². The van der Waals surface area contributed by atoms with Gasteiger partial charge in [0, 0.05) is 18.5 Å². The van der Waals surface area contributed by atoms with Gasteiger partial charge in [-0.2, -0.15) is 0 Å². The Morgan fingerprint density at radius 1 is 1.40 bits per heavy atom. The number of rotatable bonds is 1. The molecular weight excluding hydrogens is 230 g/mol. The fourth-order valence-electron chi connectivity index (χ4n) is 1.43. The summed E-state index contributed by atoms with van der Waals surface area (Å²) in [7, 11) is 0. The molecule has 0 unspecified atom stereocenters. The van der Waals surface area contributed by atoms with E-state index >= 15 is 0 Å². The van der Waals surface area contributed by atoms with E-state index in [0.29, 0.717) is 0 Å². The van der Waals surface area contributed by atoms with E-state index in [4.69, 9.17) is 11.6 Å². The van der Waals surface area contributed by atoms with Gasteiger partial charge < -0.3 is 0 Å². The minimum Gasteiger partial charge on any atom is -0.290 e. The van der Waals surface area contributed by atoms with Crippen molar-refractivity contribution in [2.75, 3.05) is 0 Å². The Morgan fingerprint density at radius 2 is 2.33 bits per heavy atom. The van der Waals surface area contributed by atoms with E-state index < -0.39 is 0 Å². The molecule has 0 N–H and O–H groups in total. The first-order chi connectivity index (χ1) is 7.34. The minimum absolute atomic E-state index is 0.735. The van der Waals surface area contributed by atoms with E-state index in [0.717, 1.165) is 21.1 Å². The van der Waals surface area contributed by atoms with E-state index in [2.05, 4.69) is 9.97 Å². The van der Waals surface area contributed by atoms with Crippen LogP contribution in [-0.4, -0.2) is 14.5 Å². The highest BCUT2D eigenvalue weighted by Gasteiger charge is 2.05. The number of fused-ring (bicyclic) bond motifs is 1. The van der Waals surface area contributed by atoms with Gasteiger partial charge >= 0.3 is 0 Å². The topological polar surface area (TPSA) is 30.7 Å². The summed E-state index contributed by atoms with van der Waals surface area (Å²) in [5.41, 5.74) is 0.927. The Hall–Kier alpha value is -1.39. The molecule has 0 amide bonds. The number of aromatic nitrogens is 3. The van der Waals surface area contributed by atoms with Crippen molar-refractivity contribution in [3.05, 3.63) is 41.3 Å². The zero-order valence-electron chi connectivity index (χ0n) is 7.59. The summed E-state index contributed by atoms with van der Waals surface area (Å²) >= 11 is 7.76. The number of hydrogen-bond acceptors (Lipinski definition) is 3. The Bertz CT molecular complexity index is 600. The number of halogens is 1. The molecule has 0 aliphatic rings. The van der Waals surface area contributed by atoms with Gasteiger partial charge in [-0.1, -0.05) is 11.6 Å². The summed E-state index contributed by atoms with van der Waals surface area (Å²) in [5.74, 6) is 0.795. The molecule has 0 aliphatic carbocycles. The summed E-state index contributed by atoms with van der Waals surface area (Å²) in [4.78, 5) is 8.47. The van der Waals surface area contributed by atoms with Crippen molar-refractivity contribution in [1.82, 2.24) is 14.5 Å². The second-order valence-corrected chi connectivity index (χ2v) is 4.39. The molecule has 15 heavy (non-hydrogen) atoms. The molecule has 0 bridgehead atoms. The summed E-state index contributed by atoms with van der Waals surface area (Å²) in [5, 5.41) is 2.72. The van der Waals surface area contributed by atoms with E-state index in [1.54, 1.807) is 23.9 Å². The zero-order chi connectivity index (χ0) is 10.3. The number of hydrogen-bond donors (Lipinski definition) is 0. The molecule has 0 saturated carbocycles. The summed E-state index contributed by atoms with van der Waals surface area (Å²) < 4.78 is 2.86. The van der Waals surface area contributed by atoms with E-state index in [-0.39, 0.29) is 0 Å². The van der Waals surface area contributed by atoms with E-state index in [9.17, 15) is 0 Å². The van der Waals surface area contributed by atoms with Crippen LogP contribution in [0.15, 0.2) is 36.2 Å². The van der Waals surface area contributed by atoms with Gasteiger partial charge in [0.05, 0.1) is 15.2 Å². The molecule has 74 valence electrons. The Morgan fingerprint density at radius 3 is 3.13 bits per heavy atom. The average molecular weight is 236 g/mol. The molecule has 3 heterocycles. The lowest BCUT2D eigenvalue weighted by molar-refractivity contribution is 1.01. The summed E-state index contributed by atoms with van der Waals surface area (Å²) in [6.07, 6.45) is 5.27. The van der Waals surface area contributed by atoms with Crippen molar-refractivity contribution in [3.8, 4) is 5.82 Å². The van der Waals surface area contributed by atoms with Gasteiger partial charge in [-0.25, -0.2) is 9.97 Å². The molecule has 0 aliphatic heterocycles. The first-order valence-electron chi connectivity index (χ1n) is 4.37. The van der Waals surface area contributed by atoms with Gasteiger partial charge in [0.15, 0.2) is 0 Å². The zero-order valence-corrected chi connectivity index (χ0v) is 9.16. The second-order valence-electron chi connectivity index (χ2n) is 3.07. The third kappa shape index (κ3) is 1.42. The SMILES string of the molecule is Clc1cc(-n2ccnc2)nc2ccsc12. The van der Waals surface area contributed by atoms with Crippen LogP contribution in [0.2, 0.25) is 5.02 Å². The molecule has 0 radical (unpaired) electrons. The quantitative estimate of drug-likeness (QED) is 0.649. The lowest BCUT2D eigenvalue weighted by Gasteiger charge is -2.02. The van der Waals surface area contributed by atoms with E-state index in [1.807, 2.05) is 28.3 Å². The highest BCUT2D eigenvalue weighted by Crippen LogP contribution is 2.28. The molecule has 3 aromatic heterocycles. The molecule has 0 saturated heterocycles. The molecule has 0 fully saturated rings. The highest BCUT2D eigenvalue weighted by molar-refractivity contribution is 7.17. The third-order valence-corrected chi connectivity index (χ3v) is 3.47. The van der Waals surface area contributed by atoms with Crippen molar-refractivity contribution >= 4 is 33.2 Å². The molecule has 0 atom stereocenters. The van der Waals surface area contributed by atoms with Gasteiger partial charge in [0.2, 0.25) is 0 Å². The van der Waals surface area contributed by atoms with Crippen LogP contribution in [-0.2, 0) is 0 Å². The summed E-state index contributed by atoms with van der Waals surface area (Å²) in [6, 6.07) is 3.81. The molecule has 0 spiro atoms. The lowest BCUT2D eigenvalue weighted by Crippen LogP contribution is -1.93. The van der Waals surface area contributed by atoms with Crippen molar-refractivity contribution < 1.29 is 0 Å². The minimum atomic E-state index is 0.735.